The Morgan fingerprint density at radius 2 is 1.26 bits per heavy atom. The van der Waals surface area contributed by atoms with Crippen LogP contribution in [0.5, 0.6) is 0 Å². The van der Waals surface area contributed by atoms with Gasteiger partial charge in [-0.2, -0.15) is 0 Å². The number of hydrogen-bond donors (Lipinski definition) is 4. The number of rotatable bonds is 29. The van der Waals surface area contributed by atoms with E-state index in [1.165, 1.54) is 57.8 Å². The number of ketones is 1. The third kappa shape index (κ3) is 27.2. The molecule has 250 valence electrons. The van der Waals surface area contributed by atoms with Crippen molar-refractivity contribution < 1.29 is 62.5 Å². The Hall–Kier alpha value is -2.15. The number of carbonyl (C=O) groups excluding carboxylic acids is 3. The van der Waals surface area contributed by atoms with Crippen LogP contribution in [0.25, 0.3) is 0 Å². The average Bonchev–Trinajstić information content (AvgIpc) is 2.97. The molecule has 0 aliphatic carbocycles. The van der Waals surface area contributed by atoms with Crippen molar-refractivity contribution in [1.29, 1.82) is 0 Å². The van der Waals surface area contributed by atoms with Crippen molar-refractivity contribution >= 4 is 31.5 Å². The average molecular weight is 639 g/mol. The van der Waals surface area contributed by atoms with E-state index < -0.39 is 76.6 Å². The fourth-order valence-corrected chi connectivity index (χ4v) is 4.62. The lowest BCUT2D eigenvalue weighted by molar-refractivity contribution is -0.161. The maximum atomic E-state index is 12.2. The van der Waals surface area contributed by atoms with Gasteiger partial charge in [0.2, 0.25) is 0 Å². The zero-order chi connectivity index (χ0) is 32.3. The van der Waals surface area contributed by atoms with E-state index in [-0.39, 0.29) is 12.8 Å². The van der Waals surface area contributed by atoms with E-state index >= 15 is 0 Å². The second-order valence-electron chi connectivity index (χ2n) is 10.3. The molecule has 0 aromatic heterocycles. The first-order valence-electron chi connectivity index (χ1n) is 15.2. The smallest absolute Gasteiger partial charge is 0.472 e. The van der Waals surface area contributed by atoms with Crippen LogP contribution in [-0.2, 0) is 42.3 Å². The van der Waals surface area contributed by atoms with E-state index in [1.54, 1.807) is 0 Å². The molecule has 0 heterocycles. The fraction of sp³-hybridized carbons (Fsp3) is 0.793. The fourth-order valence-electron chi connectivity index (χ4n) is 3.83. The molecule has 0 fully saturated rings. The van der Waals surface area contributed by atoms with Crippen LogP contribution < -0.4 is 0 Å². The largest absolute Gasteiger partial charge is 0.478 e. The molecule has 0 rings (SSSR count). The molecule has 14 heteroatoms. The van der Waals surface area contributed by atoms with E-state index in [2.05, 4.69) is 11.4 Å². The first-order valence-corrected chi connectivity index (χ1v) is 16.7. The molecule has 0 radical (unpaired) electrons. The van der Waals surface area contributed by atoms with Gasteiger partial charge in [0.25, 0.3) is 0 Å². The zero-order valence-corrected chi connectivity index (χ0v) is 26.3. The van der Waals surface area contributed by atoms with Crippen LogP contribution in [0.1, 0.15) is 110 Å². The monoisotopic (exact) mass is 638 g/mol. The molecule has 0 saturated carbocycles. The number of unbranched alkanes of at least 4 members (excludes halogenated alkanes) is 12. The van der Waals surface area contributed by atoms with Gasteiger partial charge in [-0.3, -0.25) is 23.4 Å². The highest BCUT2D eigenvalue weighted by molar-refractivity contribution is 7.47. The van der Waals surface area contributed by atoms with Crippen LogP contribution in [0.2, 0.25) is 0 Å². The van der Waals surface area contributed by atoms with Crippen LogP contribution in [-0.4, -0.2) is 82.5 Å². The molecule has 0 bridgehead atoms. The van der Waals surface area contributed by atoms with Crippen molar-refractivity contribution in [1.82, 2.24) is 0 Å². The van der Waals surface area contributed by atoms with E-state index in [1.807, 2.05) is 0 Å². The lowest BCUT2D eigenvalue weighted by Gasteiger charge is -2.20. The molecular formula is C29H51O13P. The molecule has 0 saturated heterocycles. The number of carboxylic acid groups (broad SMARTS) is 1. The lowest BCUT2D eigenvalue weighted by Crippen LogP contribution is -2.30. The van der Waals surface area contributed by atoms with E-state index in [0.717, 1.165) is 25.3 Å². The standard InChI is InChI=1S/C29H51O13P/c1-2-3-4-5-6-7-8-9-10-11-12-13-14-15-28(35)39-22-26(23-41-43(37,38)40-21-25(32)20-30)42-29(36)19-17-24(31)16-18-27(33)34/h16,18,25-26,30,32H,2-15,17,19-23H2,1H3,(H,33,34)(H,37,38)/b18-16+/t25-,26+/m0/s1. The SMILES string of the molecule is CCCCCCCCCCCCCCCC(=O)OC[C@H](COP(=O)(O)OC[C@@H](O)CO)OC(=O)CCC(=O)/C=C/C(=O)O. The minimum absolute atomic E-state index is 0.143. The van der Waals surface area contributed by atoms with Crippen molar-refractivity contribution in [2.75, 3.05) is 26.4 Å². The van der Waals surface area contributed by atoms with E-state index in [0.29, 0.717) is 12.5 Å². The van der Waals surface area contributed by atoms with Gasteiger partial charge in [-0.05, 0) is 12.5 Å². The second-order valence-corrected chi connectivity index (χ2v) is 11.8. The Labute approximate surface area is 254 Å². The van der Waals surface area contributed by atoms with Crippen LogP contribution in [0.4, 0.5) is 0 Å². The molecule has 0 spiro atoms. The first-order chi connectivity index (χ1) is 20.5. The Kier molecular flexibility index (Phi) is 25.0. The van der Waals surface area contributed by atoms with Gasteiger partial charge in [0.1, 0.15) is 12.7 Å². The number of allylic oxidation sites excluding steroid dienone is 1. The number of aliphatic carboxylic acids is 1. The van der Waals surface area contributed by atoms with Crippen LogP contribution >= 0.6 is 7.82 Å². The molecule has 3 atom stereocenters. The summed E-state index contributed by atoms with van der Waals surface area (Å²) in [6, 6.07) is 0. The first kappa shape index (κ1) is 40.9. The summed E-state index contributed by atoms with van der Waals surface area (Å²) in [5.74, 6) is -3.42. The van der Waals surface area contributed by atoms with Gasteiger partial charge in [-0.1, -0.05) is 84.0 Å². The summed E-state index contributed by atoms with van der Waals surface area (Å²) in [5.41, 5.74) is 0. The van der Waals surface area contributed by atoms with Gasteiger partial charge in [0, 0.05) is 18.9 Å². The van der Waals surface area contributed by atoms with Gasteiger partial charge >= 0.3 is 25.7 Å². The molecule has 0 aliphatic rings. The Bertz CT molecular complexity index is 861. The predicted molar refractivity (Wildman–Crippen MR) is 157 cm³/mol. The van der Waals surface area contributed by atoms with Gasteiger partial charge in [-0.25, -0.2) is 9.36 Å². The van der Waals surface area contributed by atoms with Crippen LogP contribution in [0, 0.1) is 0 Å². The molecular weight excluding hydrogens is 587 g/mol. The van der Waals surface area contributed by atoms with E-state index in [9.17, 15) is 33.7 Å². The second kappa shape index (κ2) is 26.3. The highest BCUT2D eigenvalue weighted by atomic mass is 31.2. The summed E-state index contributed by atoms with van der Waals surface area (Å²) in [6.45, 7) is -0.403. The lowest BCUT2D eigenvalue weighted by atomic mass is 10.0. The van der Waals surface area contributed by atoms with Crippen molar-refractivity contribution in [3.63, 3.8) is 0 Å². The number of phosphoric acid groups is 1. The summed E-state index contributed by atoms with van der Waals surface area (Å²) in [5, 5.41) is 26.6. The molecule has 43 heavy (non-hydrogen) atoms. The maximum absolute atomic E-state index is 12.2. The number of esters is 2. The van der Waals surface area contributed by atoms with E-state index in [4.69, 9.17) is 24.2 Å². The minimum Gasteiger partial charge on any atom is -0.478 e. The number of carboxylic acids is 1. The molecule has 13 nitrogen and oxygen atoms in total. The number of aliphatic hydroxyl groups is 2. The minimum atomic E-state index is -4.72. The third-order valence-corrected chi connectivity index (χ3v) is 7.22. The van der Waals surface area contributed by atoms with Crippen molar-refractivity contribution in [2.24, 2.45) is 0 Å². The molecule has 0 amide bonds. The molecule has 4 N–H and O–H groups in total. The highest BCUT2D eigenvalue weighted by Crippen LogP contribution is 2.43. The number of aliphatic hydroxyl groups excluding tert-OH is 2. The zero-order valence-electron chi connectivity index (χ0n) is 25.4. The molecule has 0 aliphatic heterocycles. The summed E-state index contributed by atoms with van der Waals surface area (Å²) >= 11 is 0. The number of hydrogen-bond acceptors (Lipinski definition) is 11. The van der Waals surface area contributed by atoms with Gasteiger partial charge < -0.3 is 29.7 Å². The third-order valence-electron chi connectivity index (χ3n) is 6.26. The van der Waals surface area contributed by atoms with Crippen molar-refractivity contribution in [3.8, 4) is 0 Å². The highest BCUT2D eigenvalue weighted by Gasteiger charge is 2.27. The Morgan fingerprint density at radius 3 is 1.79 bits per heavy atom. The van der Waals surface area contributed by atoms with Crippen molar-refractivity contribution in [2.45, 2.75) is 122 Å². The quantitative estimate of drug-likeness (QED) is 0.0389. The summed E-state index contributed by atoms with van der Waals surface area (Å²) < 4.78 is 31.6. The molecule has 0 aromatic rings. The molecule has 0 aromatic carbocycles. The topological polar surface area (TPSA) is 203 Å². The number of carbonyl (C=O) groups is 4. The van der Waals surface area contributed by atoms with Gasteiger partial charge in [0.05, 0.1) is 26.2 Å². The number of ether oxygens (including phenoxy) is 2. The normalized spacial score (nSPS) is 14.2. The van der Waals surface area contributed by atoms with Crippen LogP contribution in [0.15, 0.2) is 12.2 Å². The van der Waals surface area contributed by atoms with Gasteiger partial charge in [-0.15, -0.1) is 0 Å². The van der Waals surface area contributed by atoms with Crippen molar-refractivity contribution in [3.05, 3.63) is 12.2 Å². The van der Waals surface area contributed by atoms with Crippen LogP contribution in [0.3, 0.4) is 0 Å². The Morgan fingerprint density at radius 1 is 0.721 bits per heavy atom. The van der Waals surface area contributed by atoms with Gasteiger partial charge in [0.15, 0.2) is 11.9 Å². The summed E-state index contributed by atoms with van der Waals surface area (Å²) in [4.78, 5) is 56.3. The number of phosphoric ester groups is 1. The molecule has 1 unspecified atom stereocenters. The summed E-state index contributed by atoms with van der Waals surface area (Å²) in [7, 11) is -4.72. The Balaban J connectivity index is 4.49. The predicted octanol–water partition coefficient (Wildman–Crippen LogP) is 4.40. The maximum Gasteiger partial charge on any atom is 0.472 e. The summed E-state index contributed by atoms with van der Waals surface area (Å²) in [6.07, 6.45) is 13.1.